The summed E-state index contributed by atoms with van der Waals surface area (Å²) in [5.74, 6) is 5.54. The van der Waals surface area contributed by atoms with E-state index >= 15 is 0 Å². The summed E-state index contributed by atoms with van der Waals surface area (Å²) in [5, 5.41) is 13.5. The van der Waals surface area contributed by atoms with Crippen molar-refractivity contribution in [3.63, 3.8) is 0 Å². The molecule has 0 bridgehead atoms. The monoisotopic (exact) mass is 432 g/mol. The number of fused-ring (bicyclic) bond motifs is 3. The summed E-state index contributed by atoms with van der Waals surface area (Å²) in [6.07, 6.45) is -0.564. The highest BCUT2D eigenvalue weighted by molar-refractivity contribution is 6.32. The Morgan fingerprint density at radius 1 is 1.06 bits per heavy atom. The van der Waals surface area contributed by atoms with E-state index in [2.05, 4.69) is 41.4 Å². The van der Waals surface area contributed by atoms with Crippen molar-refractivity contribution in [3.8, 4) is 23.0 Å². The number of nitrogens with one attached hydrogen (secondary N) is 1. The van der Waals surface area contributed by atoms with Gasteiger partial charge in [0.1, 0.15) is 6.61 Å². The number of hydrogen-bond acceptors (Lipinski definition) is 4. The van der Waals surface area contributed by atoms with Gasteiger partial charge in [-0.2, -0.15) is 0 Å². The van der Waals surface area contributed by atoms with Gasteiger partial charge in [-0.1, -0.05) is 72.0 Å². The van der Waals surface area contributed by atoms with Crippen LogP contribution in [0.15, 0.2) is 66.7 Å². The van der Waals surface area contributed by atoms with Crippen LogP contribution in [0.1, 0.15) is 22.6 Å². The molecule has 7 heteroatoms. The lowest BCUT2D eigenvalue weighted by atomic mass is 9.98. The molecule has 0 unspecified atom stereocenters. The molecule has 3 aromatic rings. The van der Waals surface area contributed by atoms with Gasteiger partial charge in [-0.15, -0.1) is 0 Å². The topological polar surface area (TPSA) is 81.5 Å². The first kappa shape index (κ1) is 20.5. The maximum Gasteiger partial charge on any atom is 0.407 e. The summed E-state index contributed by atoms with van der Waals surface area (Å²) in [7, 11) is 0. The number of amides is 1. The fraction of sp³-hybridized carbons (Fsp3) is 0.125. The van der Waals surface area contributed by atoms with Gasteiger partial charge in [0.25, 0.3) is 5.69 Å². The minimum atomic E-state index is -0.564. The van der Waals surface area contributed by atoms with Gasteiger partial charge in [-0.05, 0) is 28.3 Å². The normalized spacial score (nSPS) is 11.6. The van der Waals surface area contributed by atoms with E-state index in [9.17, 15) is 14.9 Å². The van der Waals surface area contributed by atoms with Crippen molar-refractivity contribution in [1.29, 1.82) is 0 Å². The van der Waals surface area contributed by atoms with Crippen LogP contribution >= 0.6 is 11.6 Å². The predicted octanol–water partition coefficient (Wildman–Crippen LogP) is 5.14. The zero-order chi connectivity index (χ0) is 21.8. The first-order valence-corrected chi connectivity index (χ1v) is 9.94. The molecule has 3 aromatic carbocycles. The van der Waals surface area contributed by atoms with Crippen LogP contribution in [-0.4, -0.2) is 24.2 Å². The molecule has 0 aliphatic heterocycles. The van der Waals surface area contributed by atoms with E-state index in [4.69, 9.17) is 16.3 Å². The third kappa shape index (κ3) is 4.37. The van der Waals surface area contributed by atoms with Gasteiger partial charge >= 0.3 is 6.09 Å². The molecule has 31 heavy (non-hydrogen) atoms. The van der Waals surface area contributed by atoms with Gasteiger partial charge in [0.05, 0.1) is 16.5 Å². The van der Waals surface area contributed by atoms with Crippen LogP contribution in [-0.2, 0) is 4.74 Å². The van der Waals surface area contributed by atoms with Crippen LogP contribution in [0.2, 0.25) is 5.02 Å². The Morgan fingerprint density at radius 2 is 1.71 bits per heavy atom. The van der Waals surface area contributed by atoms with Gasteiger partial charge in [-0.25, -0.2) is 4.79 Å². The number of nitrogens with zero attached hydrogens (tertiary/aromatic N) is 1. The molecule has 154 valence electrons. The van der Waals surface area contributed by atoms with E-state index < -0.39 is 11.0 Å². The SMILES string of the molecule is O=C(NCC#Cc1ccc([N+](=O)[O-])cc1Cl)OCC1c2ccccc2-c2ccccc21. The number of halogens is 1. The molecule has 0 heterocycles. The summed E-state index contributed by atoms with van der Waals surface area (Å²) < 4.78 is 5.44. The molecule has 1 N–H and O–H groups in total. The molecule has 0 fully saturated rings. The lowest BCUT2D eigenvalue weighted by molar-refractivity contribution is -0.384. The number of ether oxygens (including phenoxy) is 1. The summed E-state index contributed by atoms with van der Waals surface area (Å²) in [6, 6.07) is 20.3. The maximum absolute atomic E-state index is 12.1. The average Bonchev–Trinajstić information content (AvgIpc) is 3.10. The number of benzene rings is 3. The van der Waals surface area contributed by atoms with Crippen molar-refractivity contribution >= 4 is 23.4 Å². The minimum absolute atomic E-state index is 0.0110. The van der Waals surface area contributed by atoms with Crippen LogP contribution < -0.4 is 5.32 Å². The van der Waals surface area contributed by atoms with Crippen LogP contribution in [0, 0.1) is 22.0 Å². The van der Waals surface area contributed by atoms with E-state index in [1.54, 1.807) is 0 Å². The Hall–Kier alpha value is -3.82. The third-order valence-corrected chi connectivity index (χ3v) is 5.36. The van der Waals surface area contributed by atoms with Crippen molar-refractivity contribution < 1.29 is 14.5 Å². The molecule has 1 amide bonds. The smallest absolute Gasteiger partial charge is 0.407 e. The van der Waals surface area contributed by atoms with Gasteiger partial charge in [0.2, 0.25) is 0 Å². The average molecular weight is 433 g/mol. The minimum Gasteiger partial charge on any atom is -0.449 e. The molecule has 0 saturated carbocycles. The second-order valence-electron chi connectivity index (χ2n) is 6.90. The lowest BCUT2D eigenvalue weighted by Crippen LogP contribution is -2.26. The molecule has 4 rings (SSSR count). The Kier molecular flexibility index (Phi) is 5.87. The van der Waals surface area contributed by atoms with Crippen molar-refractivity contribution in [3.05, 3.63) is 98.6 Å². The molecule has 6 nitrogen and oxygen atoms in total. The quantitative estimate of drug-likeness (QED) is 0.351. The summed E-state index contributed by atoms with van der Waals surface area (Å²) in [4.78, 5) is 22.3. The fourth-order valence-electron chi connectivity index (χ4n) is 3.62. The number of alkyl carbamates (subject to hydrolysis) is 1. The Morgan fingerprint density at radius 3 is 2.32 bits per heavy atom. The zero-order valence-corrected chi connectivity index (χ0v) is 17.1. The Balaban J connectivity index is 1.34. The summed E-state index contributed by atoms with van der Waals surface area (Å²) in [6.45, 7) is 0.283. The van der Waals surface area contributed by atoms with Crippen LogP contribution in [0.4, 0.5) is 10.5 Å². The van der Waals surface area contributed by atoms with Gasteiger partial charge < -0.3 is 10.1 Å². The molecule has 1 aliphatic carbocycles. The second kappa shape index (κ2) is 8.90. The largest absolute Gasteiger partial charge is 0.449 e. The summed E-state index contributed by atoms with van der Waals surface area (Å²) >= 11 is 6.00. The van der Waals surface area contributed by atoms with Gasteiger partial charge in [-0.3, -0.25) is 10.1 Å². The lowest BCUT2D eigenvalue weighted by Gasteiger charge is -2.14. The standard InChI is InChI=1S/C24H17ClN2O4/c25-23-14-17(27(29)30)12-11-16(23)6-5-13-26-24(28)31-15-22-20-9-3-1-7-18(20)19-8-2-4-10-21(19)22/h1-4,7-12,14,22H,13,15H2,(H,26,28). The zero-order valence-electron chi connectivity index (χ0n) is 16.3. The Labute approximate surface area is 184 Å². The maximum atomic E-state index is 12.1. The van der Waals surface area contributed by atoms with Gasteiger partial charge in [0, 0.05) is 23.6 Å². The van der Waals surface area contributed by atoms with Crippen LogP contribution in [0.3, 0.4) is 0 Å². The molecular formula is C24H17ClN2O4. The van der Waals surface area contributed by atoms with Crippen molar-refractivity contribution in [1.82, 2.24) is 5.32 Å². The molecule has 0 spiro atoms. The highest BCUT2D eigenvalue weighted by atomic mass is 35.5. The highest BCUT2D eigenvalue weighted by Crippen LogP contribution is 2.44. The molecule has 0 radical (unpaired) electrons. The number of rotatable bonds is 4. The second-order valence-corrected chi connectivity index (χ2v) is 7.31. The number of non-ortho nitro benzene ring substituents is 1. The van der Waals surface area contributed by atoms with E-state index in [1.165, 1.54) is 18.2 Å². The van der Waals surface area contributed by atoms with E-state index in [1.807, 2.05) is 24.3 Å². The first-order chi connectivity index (χ1) is 15.0. The van der Waals surface area contributed by atoms with E-state index in [0.717, 1.165) is 22.3 Å². The van der Waals surface area contributed by atoms with Crippen LogP contribution in [0.25, 0.3) is 11.1 Å². The first-order valence-electron chi connectivity index (χ1n) is 9.56. The number of nitro benzene ring substituents is 1. The van der Waals surface area contributed by atoms with Crippen molar-refractivity contribution in [2.75, 3.05) is 13.2 Å². The van der Waals surface area contributed by atoms with Crippen molar-refractivity contribution in [2.24, 2.45) is 0 Å². The number of carbonyl (C=O) groups excluding carboxylic acids is 1. The summed E-state index contributed by atoms with van der Waals surface area (Å²) in [5.41, 5.74) is 4.96. The number of hydrogen-bond donors (Lipinski definition) is 1. The molecular weight excluding hydrogens is 416 g/mol. The number of nitro groups is 1. The van der Waals surface area contributed by atoms with E-state index in [0.29, 0.717) is 5.56 Å². The molecule has 0 atom stereocenters. The highest BCUT2D eigenvalue weighted by Gasteiger charge is 2.28. The molecule has 1 aliphatic rings. The third-order valence-electron chi connectivity index (χ3n) is 5.05. The van der Waals surface area contributed by atoms with Crippen molar-refractivity contribution in [2.45, 2.75) is 5.92 Å². The fourth-order valence-corrected chi connectivity index (χ4v) is 3.85. The molecule has 0 saturated heterocycles. The van der Waals surface area contributed by atoms with E-state index in [-0.39, 0.29) is 29.8 Å². The van der Waals surface area contributed by atoms with Gasteiger partial charge in [0.15, 0.2) is 0 Å². The predicted molar refractivity (Wildman–Crippen MR) is 118 cm³/mol. The Bertz CT molecular complexity index is 1180. The van der Waals surface area contributed by atoms with Crippen LogP contribution in [0.5, 0.6) is 0 Å². The molecule has 0 aromatic heterocycles. The number of carbonyl (C=O) groups is 1.